The van der Waals surface area contributed by atoms with E-state index >= 15 is 0 Å². The Morgan fingerprint density at radius 1 is 1.35 bits per heavy atom. The van der Waals surface area contributed by atoms with Crippen LogP contribution in [-0.2, 0) is 19.1 Å². The number of rotatable bonds is 8. The second-order valence-corrected chi connectivity index (χ2v) is 3.99. The van der Waals surface area contributed by atoms with Crippen LogP contribution in [0.3, 0.4) is 0 Å². The van der Waals surface area contributed by atoms with Gasteiger partial charge in [-0.2, -0.15) is 0 Å². The molecule has 0 aliphatic rings. The minimum atomic E-state index is -1.40. The van der Waals surface area contributed by atoms with Crippen LogP contribution >= 0.6 is 0 Å². The van der Waals surface area contributed by atoms with E-state index in [0.29, 0.717) is 0 Å². The Labute approximate surface area is 116 Å². The Bertz CT molecular complexity index is 384. The topological polar surface area (TPSA) is 139 Å². The van der Waals surface area contributed by atoms with E-state index in [4.69, 9.17) is 15.6 Å². The first kappa shape index (κ1) is 17.7. The summed E-state index contributed by atoms with van der Waals surface area (Å²) < 4.78 is 4.69. The van der Waals surface area contributed by atoms with Crippen LogP contribution in [0.15, 0.2) is 0 Å². The van der Waals surface area contributed by atoms with Crippen molar-refractivity contribution < 1.29 is 29.0 Å². The van der Waals surface area contributed by atoms with E-state index in [-0.39, 0.29) is 19.6 Å². The lowest BCUT2D eigenvalue weighted by atomic mass is 10.2. The summed E-state index contributed by atoms with van der Waals surface area (Å²) in [7, 11) is 1.39. The highest BCUT2D eigenvalue weighted by Crippen LogP contribution is 1.96. The number of nitrogens with two attached hydrogens (primary N) is 1. The number of ether oxygens (including phenoxy) is 1. The highest BCUT2D eigenvalue weighted by molar-refractivity contribution is 5.87. The SMILES string of the molecule is CCOC(=O)CCN(C)C(=O)N[C@H](CC(N)=O)C(=O)O. The van der Waals surface area contributed by atoms with Crippen LogP contribution in [0.2, 0.25) is 0 Å². The minimum absolute atomic E-state index is 0.00861. The van der Waals surface area contributed by atoms with Crippen molar-refractivity contribution in [1.82, 2.24) is 10.2 Å². The van der Waals surface area contributed by atoms with E-state index < -0.39 is 36.3 Å². The van der Waals surface area contributed by atoms with Crippen molar-refractivity contribution in [3.63, 3.8) is 0 Å². The number of hydrogen-bond acceptors (Lipinski definition) is 5. The first-order valence-corrected chi connectivity index (χ1v) is 5.96. The number of primary amides is 1. The molecule has 0 unspecified atom stereocenters. The summed E-state index contributed by atoms with van der Waals surface area (Å²) in [5, 5.41) is 11.0. The van der Waals surface area contributed by atoms with Gasteiger partial charge in [0.2, 0.25) is 5.91 Å². The van der Waals surface area contributed by atoms with Crippen molar-refractivity contribution in [3.8, 4) is 0 Å². The van der Waals surface area contributed by atoms with Gasteiger partial charge in [0.1, 0.15) is 6.04 Å². The quantitative estimate of drug-likeness (QED) is 0.485. The maximum atomic E-state index is 11.7. The van der Waals surface area contributed by atoms with Crippen molar-refractivity contribution in [2.24, 2.45) is 5.73 Å². The Kier molecular flexibility index (Phi) is 7.71. The standard InChI is InChI=1S/C11H19N3O6/c1-3-20-9(16)4-5-14(2)11(19)13-7(10(17)18)6-8(12)15/h7H,3-6H2,1-2H3,(H2,12,15)(H,13,19)(H,17,18)/t7-/m1/s1. The number of aliphatic carboxylic acids is 1. The summed E-state index contributed by atoms with van der Waals surface area (Å²) in [6, 6.07) is -2.12. The Hall–Kier alpha value is -2.32. The fourth-order valence-corrected chi connectivity index (χ4v) is 1.25. The molecule has 0 aliphatic carbocycles. The molecule has 0 radical (unpaired) electrons. The van der Waals surface area contributed by atoms with Gasteiger partial charge < -0.3 is 25.8 Å². The highest BCUT2D eigenvalue weighted by Gasteiger charge is 2.23. The summed E-state index contributed by atoms with van der Waals surface area (Å²) in [5.74, 6) is -2.66. The van der Waals surface area contributed by atoms with Crippen LogP contribution in [0.4, 0.5) is 4.79 Å². The smallest absolute Gasteiger partial charge is 0.326 e. The molecule has 0 aromatic heterocycles. The fourth-order valence-electron chi connectivity index (χ4n) is 1.25. The number of hydrogen-bond donors (Lipinski definition) is 3. The van der Waals surface area contributed by atoms with E-state index in [1.165, 1.54) is 7.05 Å². The molecule has 0 aromatic carbocycles. The first-order valence-electron chi connectivity index (χ1n) is 5.96. The molecule has 0 spiro atoms. The summed E-state index contributed by atoms with van der Waals surface area (Å²) >= 11 is 0. The molecular weight excluding hydrogens is 270 g/mol. The third-order valence-electron chi connectivity index (χ3n) is 2.30. The second-order valence-electron chi connectivity index (χ2n) is 3.99. The molecule has 4 N–H and O–H groups in total. The maximum absolute atomic E-state index is 11.7. The van der Waals surface area contributed by atoms with Gasteiger partial charge in [-0.05, 0) is 6.92 Å². The summed E-state index contributed by atoms with van der Waals surface area (Å²) in [4.78, 5) is 45.4. The largest absolute Gasteiger partial charge is 0.480 e. The van der Waals surface area contributed by atoms with Gasteiger partial charge in [-0.25, -0.2) is 9.59 Å². The molecule has 0 saturated heterocycles. The predicted octanol–water partition coefficient (Wildman–Crippen LogP) is -1.09. The number of carboxylic acids is 1. The Balaban J connectivity index is 4.31. The number of carboxylic acid groups (broad SMARTS) is 1. The molecule has 0 saturated carbocycles. The van der Waals surface area contributed by atoms with Crippen LogP contribution in [0.1, 0.15) is 19.8 Å². The van der Waals surface area contributed by atoms with Gasteiger partial charge >= 0.3 is 18.0 Å². The minimum Gasteiger partial charge on any atom is -0.480 e. The van der Waals surface area contributed by atoms with Crippen molar-refractivity contribution in [1.29, 1.82) is 0 Å². The van der Waals surface area contributed by atoms with E-state index in [2.05, 4.69) is 5.32 Å². The Morgan fingerprint density at radius 3 is 2.40 bits per heavy atom. The molecule has 0 bridgehead atoms. The van der Waals surface area contributed by atoms with Gasteiger partial charge in [0.25, 0.3) is 0 Å². The van der Waals surface area contributed by atoms with Crippen LogP contribution in [0.5, 0.6) is 0 Å². The monoisotopic (exact) mass is 289 g/mol. The van der Waals surface area contributed by atoms with Crippen molar-refractivity contribution >= 4 is 23.9 Å². The molecular formula is C11H19N3O6. The lowest BCUT2D eigenvalue weighted by Gasteiger charge is -2.20. The van der Waals surface area contributed by atoms with Crippen LogP contribution in [0.25, 0.3) is 0 Å². The van der Waals surface area contributed by atoms with Crippen LogP contribution < -0.4 is 11.1 Å². The molecule has 0 fully saturated rings. The Morgan fingerprint density at radius 2 is 1.95 bits per heavy atom. The number of carbonyl (C=O) groups is 4. The molecule has 0 rings (SSSR count). The summed E-state index contributed by atoms with van der Waals surface area (Å²) in [6.45, 7) is 1.97. The predicted molar refractivity (Wildman–Crippen MR) is 67.6 cm³/mol. The maximum Gasteiger partial charge on any atom is 0.326 e. The van der Waals surface area contributed by atoms with Gasteiger partial charge in [0, 0.05) is 13.6 Å². The molecule has 0 aliphatic heterocycles. The molecule has 1 atom stereocenters. The number of nitrogens with zero attached hydrogens (tertiary/aromatic N) is 1. The zero-order chi connectivity index (χ0) is 15.7. The molecule has 0 heterocycles. The third kappa shape index (κ3) is 7.19. The number of carbonyl (C=O) groups excluding carboxylic acids is 3. The fraction of sp³-hybridized carbons (Fsp3) is 0.636. The average Bonchev–Trinajstić information content (AvgIpc) is 2.34. The van der Waals surface area contributed by atoms with Crippen LogP contribution in [0, 0.1) is 0 Å². The normalized spacial score (nSPS) is 11.3. The first-order chi connectivity index (χ1) is 9.27. The van der Waals surface area contributed by atoms with E-state index in [1.54, 1.807) is 6.92 Å². The van der Waals surface area contributed by atoms with E-state index in [1.807, 2.05) is 0 Å². The lowest BCUT2D eigenvalue weighted by Crippen LogP contribution is -2.48. The zero-order valence-electron chi connectivity index (χ0n) is 11.4. The highest BCUT2D eigenvalue weighted by atomic mass is 16.5. The average molecular weight is 289 g/mol. The molecule has 20 heavy (non-hydrogen) atoms. The molecule has 3 amide bonds. The van der Waals surface area contributed by atoms with Gasteiger partial charge in [0.05, 0.1) is 19.4 Å². The molecule has 9 heteroatoms. The number of esters is 1. The third-order valence-corrected chi connectivity index (χ3v) is 2.30. The zero-order valence-corrected chi connectivity index (χ0v) is 11.4. The van der Waals surface area contributed by atoms with Gasteiger partial charge in [-0.1, -0.05) is 0 Å². The second kappa shape index (κ2) is 8.73. The van der Waals surface area contributed by atoms with Crippen LogP contribution in [-0.4, -0.2) is 60.1 Å². The van der Waals surface area contributed by atoms with Crippen molar-refractivity contribution in [2.45, 2.75) is 25.8 Å². The number of nitrogens with one attached hydrogen (secondary N) is 1. The van der Waals surface area contributed by atoms with E-state index in [0.717, 1.165) is 4.90 Å². The number of amides is 3. The van der Waals surface area contributed by atoms with E-state index in [9.17, 15) is 19.2 Å². The van der Waals surface area contributed by atoms with Gasteiger partial charge in [-0.3, -0.25) is 9.59 Å². The van der Waals surface area contributed by atoms with Gasteiger partial charge in [-0.15, -0.1) is 0 Å². The molecule has 9 nitrogen and oxygen atoms in total. The number of urea groups is 1. The lowest BCUT2D eigenvalue weighted by molar-refractivity contribution is -0.143. The van der Waals surface area contributed by atoms with Crippen molar-refractivity contribution in [2.75, 3.05) is 20.2 Å². The molecule has 0 aromatic rings. The molecule has 114 valence electrons. The van der Waals surface area contributed by atoms with Crippen molar-refractivity contribution in [3.05, 3.63) is 0 Å². The van der Waals surface area contributed by atoms with Gasteiger partial charge in [0.15, 0.2) is 0 Å². The summed E-state index contributed by atoms with van der Waals surface area (Å²) in [6.07, 6.45) is -0.516. The summed E-state index contributed by atoms with van der Waals surface area (Å²) in [5.41, 5.74) is 4.89.